The Morgan fingerprint density at radius 2 is 1.61 bits per heavy atom. The van der Waals surface area contributed by atoms with Crippen molar-refractivity contribution < 1.29 is 22.8 Å². The van der Waals surface area contributed by atoms with Crippen molar-refractivity contribution in [3.8, 4) is 0 Å². The fourth-order valence-corrected chi connectivity index (χ4v) is 6.83. The molecule has 148 valence electrons. The second kappa shape index (κ2) is 7.95. The number of nitrogens with zero attached hydrogens (tertiary/aromatic N) is 1. The largest absolute Gasteiger partial charge is 0.345 e. The monoisotopic (exact) mass is 523 g/mol. The van der Waals surface area contributed by atoms with E-state index < -0.39 is 23.9 Å². The van der Waals surface area contributed by atoms with Crippen LogP contribution in [0.25, 0.3) is 10.8 Å². The molecule has 2 N–H and O–H groups in total. The number of hydrogen-bond acceptors (Lipinski definition) is 3. The van der Waals surface area contributed by atoms with Gasteiger partial charge < -0.3 is 9.79 Å². The van der Waals surface area contributed by atoms with Gasteiger partial charge in [-0.2, -0.15) is 0 Å². The molecule has 3 aromatic carbocycles. The first-order valence-corrected chi connectivity index (χ1v) is 12.5. The maximum Gasteiger partial charge on any atom is 0.345 e. The lowest BCUT2D eigenvalue weighted by Crippen LogP contribution is -2.32. The van der Waals surface area contributed by atoms with Gasteiger partial charge in [0.1, 0.15) is 6.29 Å². The molecule has 11 heteroatoms. The lowest BCUT2D eigenvalue weighted by Gasteiger charge is -2.27. The topological polar surface area (TPSA) is 94.9 Å². The molecule has 0 aliphatic heterocycles. The zero-order valence-electron chi connectivity index (χ0n) is 14.0. The van der Waals surface area contributed by atoms with Crippen LogP contribution in [0.4, 0.5) is 5.69 Å². The highest BCUT2D eigenvalue weighted by Crippen LogP contribution is 2.44. The van der Waals surface area contributed by atoms with Gasteiger partial charge in [-0.25, -0.2) is 8.42 Å². The van der Waals surface area contributed by atoms with E-state index in [9.17, 15) is 22.8 Å². The highest BCUT2D eigenvalue weighted by molar-refractivity contribution is 9.10. The molecule has 3 rings (SSSR count). The van der Waals surface area contributed by atoms with Gasteiger partial charge in [0.2, 0.25) is 0 Å². The SMILES string of the molecule is O=P(O)(O)CN(c1c(Br)ccc2ccccc12)S(=O)(=O)c1cc(Cl)cc(Cl)c1. The van der Waals surface area contributed by atoms with Gasteiger partial charge in [0.15, 0.2) is 0 Å². The molecular formula is C17H13BrCl2NO5PS. The van der Waals surface area contributed by atoms with E-state index in [1.807, 2.05) is 0 Å². The molecule has 0 aromatic heterocycles. The van der Waals surface area contributed by atoms with E-state index in [0.717, 1.165) is 0 Å². The zero-order chi connectivity index (χ0) is 20.7. The number of anilines is 1. The van der Waals surface area contributed by atoms with Gasteiger partial charge in [0.25, 0.3) is 10.0 Å². The molecular weight excluding hydrogens is 512 g/mol. The molecule has 0 amide bonds. The Morgan fingerprint density at radius 3 is 2.21 bits per heavy atom. The van der Waals surface area contributed by atoms with Crippen molar-refractivity contribution in [1.29, 1.82) is 0 Å². The van der Waals surface area contributed by atoms with Crippen LogP contribution in [0.15, 0.2) is 64.0 Å². The number of benzene rings is 3. The van der Waals surface area contributed by atoms with Crippen LogP contribution >= 0.6 is 46.7 Å². The third kappa shape index (κ3) is 4.54. The minimum atomic E-state index is -4.77. The summed E-state index contributed by atoms with van der Waals surface area (Å²) in [6.45, 7) is 0. The lowest BCUT2D eigenvalue weighted by atomic mass is 10.1. The summed E-state index contributed by atoms with van der Waals surface area (Å²) in [4.78, 5) is 18.9. The Morgan fingerprint density at radius 1 is 1.00 bits per heavy atom. The van der Waals surface area contributed by atoms with Crippen LogP contribution in [0.2, 0.25) is 10.0 Å². The molecule has 0 radical (unpaired) electrons. The summed E-state index contributed by atoms with van der Waals surface area (Å²) < 4.78 is 39.5. The summed E-state index contributed by atoms with van der Waals surface area (Å²) >= 11 is 15.2. The van der Waals surface area contributed by atoms with Gasteiger partial charge >= 0.3 is 7.60 Å². The van der Waals surface area contributed by atoms with Gasteiger partial charge in [0, 0.05) is 19.9 Å². The van der Waals surface area contributed by atoms with E-state index in [1.165, 1.54) is 18.2 Å². The molecule has 28 heavy (non-hydrogen) atoms. The second-order valence-corrected chi connectivity index (χ2v) is 11.1. The van der Waals surface area contributed by atoms with Gasteiger partial charge in [-0.1, -0.05) is 53.5 Å². The molecule has 0 saturated carbocycles. The summed E-state index contributed by atoms with van der Waals surface area (Å²) in [6, 6.07) is 14.0. The van der Waals surface area contributed by atoms with E-state index in [1.54, 1.807) is 36.4 Å². The van der Waals surface area contributed by atoms with Crippen LogP contribution in [0.5, 0.6) is 0 Å². The van der Waals surface area contributed by atoms with Crippen molar-refractivity contribution in [2.45, 2.75) is 4.90 Å². The molecule has 0 unspecified atom stereocenters. The Hall–Kier alpha value is -1.12. The first kappa shape index (κ1) is 21.6. The van der Waals surface area contributed by atoms with E-state index in [0.29, 0.717) is 19.6 Å². The Labute approximate surface area is 180 Å². The first-order valence-electron chi connectivity index (χ1n) is 7.70. The minimum Gasteiger partial charge on any atom is -0.323 e. The highest BCUT2D eigenvalue weighted by Gasteiger charge is 2.33. The van der Waals surface area contributed by atoms with Gasteiger partial charge in [-0.15, -0.1) is 0 Å². The quantitative estimate of drug-likeness (QED) is 0.445. The molecule has 0 heterocycles. The highest BCUT2D eigenvalue weighted by atomic mass is 79.9. The van der Waals surface area contributed by atoms with E-state index >= 15 is 0 Å². The first-order chi connectivity index (χ1) is 13.0. The molecule has 3 aromatic rings. The number of hydrogen-bond donors (Lipinski definition) is 2. The average Bonchev–Trinajstić information content (AvgIpc) is 2.58. The van der Waals surface area contributed by atoms with E-state index in [4.69, 9.17) is 23.2 Å². The normalized spacial score (nSPS) is 12.3. The number of rotatable bonds is 5. The van der Waals surface area contributed by atoms with Crippen molar-refractivity contribution in [2.24, 2.45) is 0 Å². The summed E-state index contributed by atoms with van der Waals surface area (Å²) in [5.74, 6) is 0. The molecule has 0 bridgehead atoms. The lowest BCUT2D eigenvalue weighted by molar-refractivity contribution is 0.373. The Kier molecular flexibility index (Phi) is 6.13. The van der Waals surface area contributed by atoms with Crippen LogP contribution in [0.1, 0.15) is 0 Å². The Balaban J connectivity index is 2.32. The summed E-state index contributed by atoms with van der Waals surface area (Å²) in [5.41, 5.74) is 0.109. The van der Waals surface area contributed by atoms with Crippen molar-refractivity contribution >= 4 is 73.2 Å². The fourth-order valence-electron chi connectivity index (χ4n) is 2.72. The summed E-state index contributed by atoms with van der Waals surface area (Å²) in [6.07, 6.45) is -1.05. The molecule has 0 saturated heterocycles. The van der Waals surface area contributed by atoms with Crippen molar-refractivity contribution in [3.63, 3.8) is 0 Å². The van der Waals surface area contributed by atoms with Crippen molar-refractivity contribution in [1.82, 2.24) is 0 Å². The average molecular weight is 525 g/mol. The molecule has 0 aliphatic rings. The third-order valence-corrected chi connectivity index (χ3v) is 7.48. The molecule has 0 fully saturated rings. The fraction of sp³-hybridized carbons (Fsp3) is 0.0588. The molecule has 6 nitrogen and oxygen atoms in total. The minimum absolute atomic E-state index is 0.0826. The number of sulfonamides is 1. The maximum atomic E-state index is 13.4. The van der Waals surface area contributed by atoms with Crippen LogP contribution in [-0.2, 0) is 14.6 Å². The van der Waals surface area contributed by atoms with Crippen LogP contribution in [0.3, 0.4) is 0 Å². The Bertz CT molecular complexity index is 1200. The second-order valence-electron chi connectivity index (χ2n) is 5.88. The number of halogens is 3. The van der Waals surface area contributed by atoms with Crippen LogP contribution < -0.4 is 4.31 Å². The molecule has 0 atom stereocenters. The van der Waals surface area contributed by atoms with Crippen molar-refractivity contribution in [3.05, 3.63) is 69.1 Å². The summed E-state index contributed by atoms with van der Waals surface area (Å²) in [5, 5.41) is 1.37. The van der Waals surface area contributed by atoms with Crippen LogP contribution in [-0.4, -0.2) is 24.5 Å². The van der Waals surface area contributed by atoms with E-state index in [-0.39, 0.29) is 20.6 Å². The standard InChI is InChI=1S/C17H13BrCl2NO5PS/c18-16-6-5-11-3-1-2-4-15(11)17(16)21(10-27(22,23)24)28(25,26)14-8-12(19)7-13(20)9-14/h1-9H,10H2,(H2,22,23,24). The maximum absolute atomic E-state index is 13.4. The van der Waals surface area contributed by atoms with Gasteiger partial charge in [-0.3, -0.25) is 8.87 Å². The zero-order valence-corrected chi connectivity index (χ0v) is 18.8. The van der Waals surface area contributed by atoms with Crippen LogP contribution in [0, 0.1) is 0 Å². The third-order valence-electron chi connectivity index (χ3n) is 3.84. The number of fused-ring (bicyclic) bond motifs is 1. The summed E-state index contributed by atoms with van der Waals surface area (Å²) in [7, 11) is -9.17. The van der Waals surface area contributed by atoms with Crippen molar-refractivity contribution in [2.75, 3.05) is 10.6 Å². The van der Waals surface area contributed by atoms with Gasteiger partial charge in [-0.05, 0) is 45.6 Å². The smallest absolute Gasteiger partial charge is 0.323 e. The molecule has 0 aliphatic carbocycles. The van der Waals surface area contributed by atoms with E-state index in [2.05, 4.69) is 15.9 Å². The molecule has 0 spiro atoms. The predicted molar refractivity (Wildman–Crippen MR) is 115 cm³/mol. The van der Waals surface area contributed by atoms with Gasteiger partial charge in [0.05, 0.1) is 10.6 Å². The predicted octanol–water partition coefficient (Wildman–Crippen LogP) is 5.24.